The topological polar surface area (TPSA) is 21.6 Å². The van der Waals surface area contributed by atoms with Crippen molar-refractivity contribution in [1.82, 2.24) is 0 Å². The van der Waals surface area contributed by atoms with Crippen LogP contribution in [-0.2, 0) is 4.74 Å². The Hall–Kier alpha value is -1.31. The molecule has 2 nitrogen and oxygen atoms in total. The number of aliphatic imine (C=N–C) groups is 1. The Morgan fingerprint density at radius 1 is 1.27 bits per heavy atom. The van der Waals surface area contributed by atoms with Crippen molar-refractivity contribution in [3.63, 3.8) is 0 Å². The van der Waals surface area contributed by atoms with E-state index in [0.29, 0.717) is 6.61 Å². The van der Waals surface area contributed by atoms with Gasteiger partial charge in [0.2, 0.25) is 0 Å². The summed E-state index contributed by atoms with van der Waals surface area (Å²) in [4.78, 5) is 4.16. The van der Waals surface area contributed by atoms with Crippen LogP contribution >= 0.6 is 0 Å². The summed E-state index contributed by atoms with van der Waals surface area (Å²) >= 11 is 0. The fourth-order valence-corrected chi connectivity index (χ4v) is 1.15. The first-order valence-electron chi connectivity index (χ1n) is 3.65. The molecule has 0 N–H and O–H groups in total. The van der Waals surface area contributed by atoms with Gasteiger partial charge in [-0.15, -0.1) is 0 Å². The summed E-state index contributed by atoms with van der Waals surface area (Å²) in [5.41, 5.74) is 1.22. The van der Waals surface area contributed by atoms with Crippen molar-refractivity contribution in [2.45, 2.75) is 6.04 Å². The van der Waals surface area contributed by atoms with E-state index in [4.69, 9.17) is 4.74 Å². The first-order valence-corrected chi connectivity index (χ1v) is 3.65. The molecule has 0 radical (unpaired) electrons. The molecule has 2 rings (SSSR count). The van der Waals surface area contributed by atoms with Gasteiger partial charge in [-0.05, 0) is 5.56 Å². The van der Waals surface area contributed by atoms with Crippen LogP contribution in [0.25, 0.3) is 0 Å². The Bertz CT molecular complexity index is 256. The molecule has 1 heterocycles. The van der Waals surface area contributed by atoms with E-state index in [1.54, 1.807) is 0 Å². The lowest BCUT2D eigenvalue weighted by molar-refractivity contribution is 0.330. The summed E-state index contributed by atoms with van der Waals surface area (Å²) in [5, 5.41) is 0. The normalized spacial score (nSPS) is 21.6. The van der Waals surface area contributed by atoms with Gasteiger partial charge in [-0.1, -0.05) is 30.3 Å². The fraction of sp³-hybridized carbons (Fsp3) is 0.222. The second-order valence-corrected chi connectivity index (χ2v) is 2.51. The van der Waals surface area contributed by atoms with E-state index in [0.717, 1.165) is 0 Å². The molecule has 1 aromatic rings. The molecule has 1 atom stereocenters. The van der Waals surface area contributed by atoms with Gasteiger partial charge in [-0.3, -0.25) is 0 Å². The van der Waals surface area contributed by atoms with Crippen LogP contribution in [0.4, 0.5) is 0 Å². The molecule has 0 aliphatic carbocycles. The third-order valence-electron chi connectivity index (χ3n) is 1.75. The highest BCUT2D eigenvalue weighted by Crippen LogP contribution is 2.19. The lowest BCUT2D eigenvalue weighted by Crippen LogP contribution is -1.95. The monoisotopic (exact) mass is 147 g/mol. The number of ether oxygens (including phenoxy) is 1. The van der Waals surface area contributed by atoms with Crippen molar-refractivity contribution in [1.29, 1.82) is 0 Å². The average molecular weight is 147 g/mol. The van der Waals surface area contributed by atoms with Gasteiger partial charge in [0, 0.05) is 0 Å². The molecule has 2 heteroatoms. The minimum absolute atomic E-state index is 0.219. The average Bonchev–Trinajstić information content (AvgIpc) is 2.58. The molecule has 1 aliphatic heterocycles. The number of rotatable bonds is 1. The molecular formula is C9H9NO. The molecule has 11 heavy (non-hydrogen) atoms. The van der Waals surface area contributed by atoms with Gasteiger partial charge >= 0.3 is 0 Å². The van der Waals surface area contributed by atoms with Crippen LogP contribution in [0.2, 0.25) is 0 Å². The number of hydrogen-bond acceptors (Lipinski definition) is 2. The molecule has 0 unspecified atom stereocenters. The van der Waals surface area contributed by atoms with Gasteiger partial charge in [-0.2, -0.15) is 0 Å². The van der Waals surface area contributed by atoms with Crippen molar-refractivity contribution in [3.05, 3.63) is 35.9 Å². The summed E-state index contributed by atoms with van der Waals surface area (Å²) in [5.74, 6) is 0. The Balaban J connectivity index is 2.23. The predicted octanol–water partition coefficient (Wildman–Crippen LogP) is 1.79. The van der Waals surface area contributed by atoms with Gasteiger partial charge in [0.1, 0.15) is 12.6 Å². The maximum atomic E-state index is 5.02. The highest BCUT2D eigenvalue weighted by Gasteiger charge is 2.12. The lowest BCUT2D eigenvalue weighted by atomic mass is 10.1. The highest BCUT2D eigenvalue weighted by atomic mass is 16.5. The molecular weight excluding hydrogens is 138 g/mol. The largest absolute Gasteiger partial charge is 0.481 e. The van der Waals surface area contributed by atoms with Gasteiger partial charge in [0.25, 0.3) is 0 Å². The molecule has 0 bridgehead atoms. The molecule has 56 valence electrons. The van der Waals surface area contributed by atoms with Crippen LogP contribution in [0.5, 0.6) is 0 Å². The van der Waals surface area contributed by atoms with Crippen molar-refractivity contribution in [2.24, 2.45) is 4.99 Å². The van der Waals surface area contributed by atoms with E-state index in [-0.39, 0.29) is 6.04 Å². The van der Waals surface area contributed by atoms with E-state index in [1.165, 1.54) is 12.0 Å². The standard InChI is InChI=1S/C9H9NO/c1-2-4-8(5-3-1)9-6-11-7-10-9/h1-5,7,9H,6H2/t9-/m0/s1. The predicted molar refractivity (Wildman–Crippen MR) is 43.6 cm³/mol. The number of hydrogen-bond donors (Lipinski definition) is 0. The van der Waals surface area contributed by atoms with Gasteiger partial charge in [0.05, 0.1) is 0 Å². The summed E-state index contributed by atoms with van der Waals surface area (Å²) in [6.45, 7) is 0.685. The molecule has 0 aromatic heterocycles. The molecule has 0 amide bonds. The van der Waals surface area contributed by atoms with E-state index in [1.807, 2.05) is 18.2 Å². The molecule has 1 aromatic carbocycles. The fourth-order valence-electron chi connectivity index (χ4n) is 1.15. The van der Waals surface area contributed by atoms with E-state index in [9.17, 15) is 0 Å². The second kappa shape index (κ2) is 2.74. The summed E-state index contributed by atoms with van der Waals surface area (Å²) < 4.78 is 5.02. The first-order chi connectivity index (χ1) is 5.47. The van der Waals surface area contributed by atoms with Crippen LogP contribution in [0.3, 0.4) is 0 Å². The van der Waals surface area contributed by atoms with Crippen LogP contribution in [-0.4, -0.2) is 13.0 Å². The smallest absolute Gasteiger partial charge is 0.170 e. The Kier molecular flexibility index (Phi) is 1.60. The van der Waals surface area contributed by atoms with Crippen LogP contribution in [0.1, 0.15) is 11.6 Å². The van der Waals surface area contributed by atoms with Gasteiger partial charge < -0.3 is 4.74 Å². The Morgan fingerprint density at radius 2 is 2.09 bits per heavy atom. The van der Waals surface area contributed by atoms with E-state index >= 15 is 0 Å². The maximum absolute atomic E-state index is 5.02. The summed E-state index contributed by atoms with van der Waals surface area (Å²) in [6, 6.07) is 10.4. The SMILES string of the molecule is C1=N[C@H](c2ccccc2)CO1. The van der Waals surface area contributed by atoms with Gasteiger partial charge in [0.15, 0.2) is 6.40 Å². The Morgan fingerprint density at radius 3 is 2.73 bits per heavy atom. The molecule has 0 spiro atoms. The first kappa shape index (κ1) is 6.40. The summed E-state index contributed by atoms with van der Waals surface area (Å²) in [7, 11) is 0. The van der Waals surface area contributed by atoms with Crippen LogP contribution < -0.4 is 0 Å². The Labute approximate surface area is 65.5 Å². The third-order valence-corrected chi connectivity index (χ3v) is 1.75. The highest BCUT2D eigenvalue weighted by molar-refractivity contribution is 5.50. The summed E-state index contributed by atoms with van der Waals surface area (Å²) in [6.07, 6.45) is 1.53. The maximum Gasteiger partial charge on any atom is 0.170 e. The zero-order valence-electron chi connectivity index (χ0n) is 6.10. The molecule has 0 saturated heterocycles. The van der Waals surface area contributed by atoms with Crippen molar-refractivity contribution >= 4 is 6.40 Å². The van der Waals surface area contributed by atoms with Crippen molar-refractivity contribution in [2.75, 3.05) is 6.61 Å². The van der Waals surface area contributed by atoms with E-state index in [2.05, 4.69) is 17.1 Å². The van der Waals surface area contributed by atoms with Crippen LogP contribution in [0, 0.1) is 0 Å². The van der Waals surface area contributed by atoms with Crippen molar-refractivity contribution in [3.8, 4) is 0 Å². The molecule has 0 fully saturated rings. The molecule has 0 saturated carbocycles. The lowest BCUT2D eigenvalue weighted by Gasteiger charge is -2.03. The number of nitrogens with zero attached hydrogens (tertiary/aromatic N) is 1. The van der Waals surface area contributed by atoms with E-state index < -0.39 is 0 Å². The minimum Gasteiger partial charge on any atom is -0.481 e. The van der Waals surface area contributed by atoms with Crippen LogP contribution in [0.15, 0.2) is 35.3 Å². The van der Waals surface area contributed by atoms with Crippen molar-refractivity contribution < 1.29 is 4.74 Å². The number of benzene rings is 1. The second-order valence-electron chi connectivity index (χ2n) is 2.51. The van der Waals surface area contributed by atoms with Gasteiger partial charge in [-0.25, -0.2) is 4.99 Å². The molecule has 1 aliphatic rings. The zero-order valence-corrected chi connectivity index (χ0v) is 6.10. The minimum atomic E-state index is 0.219. The third kappa shape index (κ3) is 1.24. The zero-order chi connectivity index (χ0) is 7.52. The quantitative estimate of drug-likeness (QED) is 0.593.